The highest BCUT2D eigenvalue weighted by molar-refractivity contribution is 6.35. The second-order valence-electron chi connectivity index (χ2n) is 8.48. The lowest BCUT2D eigenvalue weighted by atomic mass is 10.0. The van der Waals surface area contributed by atoms with Gasteiger partial charge in [-0.1, -0.05) is 31.5 Å². The first-order chi connectivity index (χ1) is 15.1. The highest BCUT2D eigenvalue weighted by Gasteiger charge is 2.31. The van der Waals surface area contributed by atoms with Gasteiger partial charge in [0.15, 0.2) is 0 Å². The first-order valence-corrected chi connectivity index (χ1v) is 11.8. The van der Waals surface area contributed by atoms with Crippen molar-refractivity contribution < 1.29 is 9.47 Å². The standard InChI is InChI=1S/C25H30ClN3O2/c1-4-16-15-18(30-3)9-12-21(16)28-13-6-14-29-24-19(22(5-2)31-17-7-8-17)10-11-20(26)23(24)27-25(28)29/h9-12,15,17,22H,4-8,13-14H2,1-3H3. The number of nitrogens with zero attached hydrogens (tertiary/aromatic N) is 3. The number of aromatic nitrogens is 2. The average Bonchev–Trinajstić information content (AvgIpc) is 3.54. The third-order valence-corrected chi connectivity index (χ3v) is 6.72. The maximum atomic E-state index is 6.65. The fourth-order valence-corrected chi connectivity index (χ4v) is 4.87. The zero-order valence-corrected chi connectivity index (χ0v) is 19.3. The third-order valence-electron chi connectivity index (χ3n) is 6.42. The molecule has 1 fully saturated rings. The number of rotatable bonds is 7. The summed E-state index contributed by atoms with van der Waals surface area (Å²) in [6.45, 7) is 6.25. The Hall–Kier alpha value is -2.24. The molecule has 1 aliphatic heterocycles. The van der Waals surface area contributed by atoms with Crippen molar-refractivity contribution >= 4 is 34.3 Å². The van der Waals surface area contributed by atoms with Crippen molar-refractivity contribution in [2.45, 2.75) is 64.7 Å². The summed E-state index contributed by atoms with van der Waals surface area (Å²) in [5, 5.41) is 0.701. The lowest BCUT2D eigenvalue weighted by Crippen LogP contribution is -2.29. The Morgan fingerprint density at radius 3 is 2.71 bits per heavy atom. The summed E-state index contributed by atoms with van der Waals surface area (Å²) in [6, 6.07) is 10.4. The van der Waals surface area contributed by atoms with E-state index < -0.39 is 0 Å². The maximum Gasteiger partial charge on any atom is 0.211 e. The number of benzene rings is 2. The van der Waals surface area contributed by atoms with Gasteiger partial charge in [0.2, 0.25) is 5.95 Å². The van der Waals surface area contributed by atoms with Crippen molar-refractivity contribution in [1.29, 1.82) is 0 Å². The molecule has 1 unspecified atom stereocenters. The minimum absolute atomic E-state index is 0.0793. The molecule has 0 spiro atoms. The number of hydrogen-bond donors (Lipinski definition) is 0. The van der Waals surface area contributed by atoms with Crippen molar-refractivity contribution in [1.82, 2.24) is 9.55 Å². The fraction of sp³-hybridized carbons (Fsp3) is 0.480. The van der Waals surface area contributed by atoms with E-state index in [9.17, 15) is 0 Å². The summed E-state index contributed by atoms with van der Waals surface area (Å²) >= 11 is 6.65. The molecule has 5 rings (SSSR count). The predicted molar refractivity (Wildman–Crippen MR) is 126 cm³/mol. The lowest BCUT2D eigenvalue weighted by molar-refractivity contribution is 0.0373. The van der Waals surface area contributed by atoms with Gasteiger partial charge in [0.1, 0.15) is 11.3 Å². The number of anilines is 2. The predicted octanol–water partition coefficient (Wildman–Crippen LogP) is 6.43. The second-order valence-corrected chi connectivity index (χ2v) is 8.89. The van der Waals surface area contributed by atoms with Crippen LogP contribution in [0.4, 0.5) is 11.6 Å². The van der Waals surface area contributed by atoms with Crippen LogP contribution in [0.25, 0.3) is 11.0 Å². The van der Waals surface area contributed by atoms with E-state index in [2.05, 4.69) is 41.5 Å². The van der Waals surface area contributed by atoms with Crippen LogP contribution in [-0.4, -0.2) is 29.3 Å². The molecule has 164 valence electrons. The molecule has 0 saturated heterocycles. The van der Waals surface area contributed by atoms with Gasteiger partial charge in [-0.15, -0.1) is 0 Å². The second kappa shape index (κ2) is 8.36. The van der Waals surface area contributed by atoms with Crippen LogP contribution in [0.2, 0.25) is 5.02 Å². The SMILES string of the molecule is CCc1cc(OC)ccc1N1CCCn2c1nc1c(Cl)ccc(C(CC)OC3CC3)c12. The molecule has 0 radical (unpaired) electrons. The van der Waals surface area contributed by atoms with Crippen molar-refractivity contribution in [3.63, 3.8) is 0 Å². The van der Waals surface area contributed by atoms with Crippen LogP contribution >= 0.6 is 11.6 Å². The number of hydrogen-bond acceptors (Lipinski definition) is 4. The number of aryl methyl sites for hydroxylation is 2. The summed E-state index contributed by atoms with van der Waals surface area (Å²) in [7, 11) is 1.71. The van der Waals surface area contributed by atoms with Gasteiger partial charge in [0.25, 0.3) is 0 Å². The van der Waals surface area contributed by atoms with Gasteiger partial charge in [-0.3, -0.25) is 0 Å². The molecule has 0 bridgehead atoms. The van der Waals surface area contributed by atoms with Crippen LogP contribution in [0.5, 0.6) is 5.75 Å². The molecule has 2 aromatic carbocycles. The Balaban J connectivity index is 1.65. The molecule has 3 aromatic rings. The Labute approximate surface area is 188 Å². The van der Waals surface area contributed by atoms with E-state index in [1.807, 2.05) is 12.1 Å². The van der Waals surface area contributed by atoms with Crippen LogP contribution in [0, 0.1) is 0 Å². The van der Waals surface area contributed by atoms with Gasteiger partial charge in [-0.25, -0.2) is 4.98 Å². The topological polar surface area (TPSA) is 39.5 Å². The molecular formula is C25H30ClN3O2. The van der Waals surface area contributed by atoms with E-state index in [1.165, 1.54) is 29.7 Å². The largest absolute Gasteiger partial charge is 0.497 e. The lowest BCUT2D eigenvalue weighted by Gasteiger charge is -2.31. The quantitative estimate of drug-likeness (QED) is 0.425. The van der Waals surface area contributed by atoms with Crippen LogP contribution in [0.15, 0.2) is 30.3 Å². The first kappa shape index (κ1) is 20.7. The molecule has 1 saturated carbocycles. The summed E-state index contributed by atoms with van der Waals surface area (Å²) < 4.78 is 14.2. The molecular weight excluding hydrogens is 410 g/mol. The number of methoxy groups -OCH3 is 1. The Kier molecular flexibility index (Phi) is 5.57. The molecule has 1 aliphatic carbocycles. The Bertz CT molecular complexity index is 1110. The number of halogens is 1. The molecule has 2 aliphatic rings. The van der Waals surface area contributed by atoms with Crippen LogP contribution in [0.3, 0.4) is 0 Å². The van der Waals surface area contributed by atoms with Gasteiger partial charge < -0.3 is 18.9 Å². The highest BCUT2D eigenvalue weighted by atomic mass is 35.5. The van der Waals surface area contributed by atoms with Gasteiger partial charge >= 0.3 is 0 Å². The van der Waals surface area contributed by atoms with Crippen LogP contribution in [-0.2, 0) is 17.7 Å². The third kappa shape index (κ3) is 3.68. The number of imidazole rings is 1. The summed E-state index contributed by atoms with van der Waals surface area (Å²) in [5.41, 5.74) is 5.67. The Morgan fingerprint density at radius 1 is 1.16 bits per heavy atom. The minimum atomic E-state index is 0.0793. The van der Waals surface area contributed by atoms with E-state index in [4.69, 9.17) is 26.1 Å². The average molecular weight is 440 g/mol. The summed E-state index contributed by atoms with van der Waals surface area (Å²) in [4.78, 5) is 7.41. The monoisotopic (exact) mass is 439 g/mol. The van der Waals surface area contributed by atoms with E-state index in [0.29, 0.717) is 11.1 Å². The molecule has 1 aromatic heterocycles. The van der Waals surface area contributed by atoms with Crippen molar-refractivity contribution in [3.8, 4) is 5.75 Å². The van der Waals surface area contributed by atoms with Gasteiger partial charge in [-0.05, 0) is 61.9 Å². The smallest absolute Gasteiger partial charge is 0.211 e. The van der Waals surface area contributed by atoms with Crippen molar-refractivity contribution in [2.75, 3.05) is 18.6 Å². The van der Waals surface area contributed by atoms with Crippen molar-refractivity contribution in [3.05, 3.63) is 46.5 Å². The van der Waals surface area contributed by atoms with E-state index >= 15 is 0 Å². The van der Waals surface area contributed by atoms with E-state index in [-0.39, 0.29) is 6.10 Å². The van der Waals surface area contributed by atoms with E-state index in [0.717, 1.165) is 55.1 Å². The van der Waals surface area contributed by atoms with E-state index in [1.54, 1.807) is 7.11 Å². The fourth-order valence-electron chi connectivity index (χ4n) is 4.68. The first-order valence-electron chi connectivity index (χ1n) is 11.4. The summed E-state index contributed by atoms with van der Waals surface area (Å²) in [5.74, 6) is 1.86. The molecule has 6 heteroatoms. The molecule has 0 N–H and O–H groups in total. The molecule has 5 nitrogen and oxygen atoms in total. The van der Waals surface area contributed by atoms with Crippen LogP contribution in [0.1, 0.15) is 56.8 Å². The normalized spacial score (nSPS) is 17.1. The number of fused-ring (bicyclic) bond motifs is 3. The summed E-state index contributed by atoms with van der Waals surface area (Å²) in [6.07, 6.45) is 5.75. The zero-order chi connectivity index (χ0) is 21.5. The van der Waals surface area contributed by atoms with Gasteiger partial charge in [-0.2, -0.15) is 0 Å². The zero-order valence-electron chi connectivity index (χ0n) is 18.5. The molecule has 31 heavy (non-hydrogen) atoms. The number of ether oxygens (including phenoxy) is 2. The molecule has 0 amide bonds. The highest BCUT2D eigenvalue weighted by Crippen LogP contribution is 2.41. The van der Waals surface area contributed by atoms with Gasteiger partial charge in [0, 0.05) is 24.3 Å². The molecule has 2 heterocycles. The molecule has 1 atom stereocenters. The maximum absolute atomic E-state index is 6.65. The Morgan fingerprint density at radius 2 is 2.00 bits per heavy atom. The van der Waals surface area contributed by atoms with Crippen molar-refractivity contribution in [2.24, 2.45) is 0 Å². The minimum Gasteiger partial charge on any atom is -0.497 e. The van der Waals surface area contributed by atoms with Gasteiger partial charge in [0.05, 0.1) is 29.9 Å². The van der Waals surface area contributed by atoms with Crippen LogP contribution < -0.4 is 9.64 Å².